The van der Waals surface area contributed by atoms with Gasteiger partial charge < -0.3 is 0 Å². The molecule has 0 saturated carbocycles. The Balaban J connectivity index is 0.000000139. The van der Waals surface area contributed by atoms with E-state index in [1.54, 1.807) is 42.5 Å². The van der Waals surface area contributed by atoms with Crippen LogP contribution in [-0.2, 0) is 0 Å². The van der Waals surface area contributed by atoms with Gasteiger partial charge in [-0.25, -0.2) is 0 Å². The van der Waals surface area contributed by atoms with E-state index in [0.717, 1.165) is 4.47 Å². The average molecular weight is 623 g/mol. The van der Waals surface area contributed by atoms with Crippen molar-refractivity contribution in [3.8, 4) is 0 Å². The summed E-state index contributed by atoms with van der Waals surface area (Å²) in [5, 5.41) is 4.97. The van der Waals surface area contributed by atoms with Crippen molar-refractivity contribution in [3.05, 3.63) is 127 Å². The van der Waals surface area contributed by atoms with Gasteiger partial charge >= 0.3 is 0 Å². The molecule has 0 atom stereocenters. The number of carbonyl (C=O) groups excluding carboxylic acids is 2. The normalized spacial score (nSPS) is 12.2. The number of carbonyl (C=O) groups is 2. The molecule has 160 valence electrons. The van der Waals surface area contributed by atoms with E-state index in [9.17, 15) is 9.59 Å². The minimum atomic E-state index is -0.0866. The van der Waals surface area contributed by atoms with Gasteiger partial charge in [0.05, 0.1) is 0 Å². The number of halogens is 3. The summed E-state index contributed by atoms with van der Waals surface area (Å²) >= 11 is 10.7. The fourth-order valence-corrected chi connectivity index (χ4v) is 5.84. The monoisotopic (exact) mass is 620 g/mol. The van der Waals surface area contributed by atoms with Gasteiger partial charge in [0.2, 0.25) is 0 Å². The number of rotatable bonds is 0. The van der Waals surface area contributed by atoms with Crippen molar-refractivity contribution in [2.75, 3.05) is 0 Å². The van der Waals surface area contributed by atoms with Crippen LogP contribution in [0.3, 0.4) is 0 Å². The van der Waals surface area contributed by atoms with E-state index in [1.807, 2.05) is 0 Å². The Kier molecular flexibility index (Phi) is 6.04. The fraction of sp³-hybridized carbons (Fsp3) is 0. The second-order valence-corrected chi connectivity index (χ2v) is 10.1. The summed E-state index contributed by atoms with van der Waals surface area (Å²) in [5.74, 6) is -0.167. The fourth-order valence-electron chi connectivity index (χ4n) is 4.09. The maximum atomic E-state index is 12.2. The molecule has 0 radical (unpaired) electrons. The summed E-state index contributed by atoms with van der Waals surface area (Å²) in [6.45, 7) is 0. The van der Waals surface area contributed by atoms with Gasteiger partial charge in [-0.2, -0.15) is 0 Å². The van der Waals surface area contributed by atoms with Crippen LogP contribution in [0.4, 0.5) is 0 Å². The van der Waals surface area contributed by atoms with Crippen LogP contribution in [0.2, 0.25) is 0 Å². The predicted octanol–water partition coefficient (Wildman–Crippen LogP) is 8.74. The highest BCUT2D eigenvalue weighted by Crippen LogP contribution is 2.38. The first-order valence-electron chi connectivity index (χ1n) is 10.2. The molecule has 0 aromatic heterocycles. The Hall–Kier alpha value is -2.60. The third-order valence-electron chi connectivity index (χ3n) is 5.69. The molecular formula is C28H15Br3O2. The molecule has 0 N–H and O–H groups in total. The molecule has 33 heavy (non-hydrogen) atoms. The molecule has 0 spiro atoms. The molecule has 0 fully saturated rings. The first-order chi connectivity index (χ1) is 16.0. The highest BCUT2D eigenvalue weighted by Gasteiger charge is 2.29. The first kappa shape index (κ1) is 22.2. The molecule has 0 heterocycles. The highest BCUT2D eigenvalue weighted by atomic mass is 79.9. The molecule has 1 aliphatic carbocycles. The quantitative estimate of drug-likeness (QED) is 0.159. The number of ketones is 2. The van der Waals surface area contributed by atoms with Gasteiger partial charge in [-0.1, -0.05) is 88.7 Å². The second-order valence-electron chi connectivity index (χ2n) is 7.61. The Bertz CT molecular complexity index is 1470. The van der Waals surface area contributed by atoms with E-state index in [2.05, 4.69) is 96.3 Å². The Labute approximate surface area is 216 Å². The van der Waals surface area contributed by atoms with Crippen LogP contribution >= 0.6 is 47.8 Å². The lowest BCUT2D eigenvalue weighted by atomic mass is 9.84. The molecule has 0 unspecified atom stereocenters. The molecule has 1 aliphatic rings. The minimum absolute atomic E-state index is 0.0808. The van der Waals surface area contributed by atoms with Crippen molar-refractivity contribution in [2.24, 2.45) is 0 Å². The average Bonchev–Trinajstić information content (AvgIpc) is 2.86. The van der Waals surface area contributed by atoms with Gasteiger partial charge in [-0.15, -0.1) is 0 Å². The molecule has 5 aromatic carbocycles. The van der Waals surface area contributed by atoms with E-state index in [-0.39, 0.29) is 11.6 Å². The van der Waals surface area contributed by atoms with Crippen molar-refractivity contribution >= 4 is 80.9 Å². The molecule has 6 rings (SSSR count). The van der Waals surface area contributed by atoms with Crippen molar-refractivity contribution in [1.82, 2.24) is 0 Å². The van der Waals surface area contributed by atoms with E-state index < -0.39 is 0 Å². The van der Waals surface area contributed by atoms with E-state index in [4.69, 9.17) is 0 Å². The van der Waals surface area contributed by atoms with Crippen molar-refractivity contribution < 1.29 is 9.59 Å². The molecule has 5 heteroatoms. The van der Waals surface area contributed by atoms with Gasteiger partial charge in [0.1, 0.15) is 0 Å². The van der Waals surface area contributed by atoms with Gasteiger partial charge in [-0.3, -0.25) is 9.59 Å². The lowest BCUT2D eigenvalue weighted by molar-refractivity contribution is 0.0979. The Morgan fingerprint density at radius 3 is 1.24 bits per heavy atom. The van der Waals surface area contributed by atoms with Crippen LogP contribution < -0.4 is 0 Å². The number of hydrogen-bond acceptors (Lipinski definition) is 2. The van der Waals surface area contributed by atoms with E-state index >= 15 is 0 Å². The van der Waals surface area contributed by atoms with Crippen LogP contribution in [0.1, 0.15) is 31.8 Å². The smallest absolute Gasteiger partial charge is 0.194 e. The van der Waals surface area contributed by atoms with Crippen LogP contribution in [0, 0.1) is 0 Å². The van der Waals surface area contributed by atoms with Crippen LogP contribution in [0.15, 0.2) is 104 Å². The zero-order valence-electron chi connectivity index (χ0n) is 17.1. The minimum Gasteiger partial charge on any atom is -0.289 e. The Morgan fingerprint density at radius 2 is 0.788 bits per heavy atom. The van der Waals surface area contributed by atoms with Crippen molar-refractivity contribution in [3.63, 3.8) is 0 Å². The largest absolute Gasteiger partial charge is 0.289 e. The SMILES string of the molecule is Brc1c2ccccc2c(Br)c2ccccc12.O=C1c2ccccc2C(=O)c2cc(Br)ccc21. The third-order valence-corrected chi connectivity index (χ3v) is 7.89. The predicted molar refractivity (Wildman–Crippen MR) is 144 cm³/mol. The summed E-state index contributed by atoms with van der Waals surface area (Å²) in [6, 6.07) is 28.9. The van der Waals surface area contributed by atoms with Crippen molar-refractivity contribution in [2.45, 2.75) is 0 Å². The maximum Gasteiger partial charge on any atom is 0.194 e. The summed E-state index contributed by atoms with van der Waals surface area (Å²) in [6.07, 6.45) is 0. The third kappa shape index (κ3) is 3.88. The zero-order chi connectivity index (χ0) is 23.1. The lowest BCUT2D eigenvalue weighted by Crippen LogP contribution is -2.20. The summed E-state index contributed by atoms with van der Waals surface area (Å²) in [4.78, 5) is 24.4. The van der Waals surface area contributed by atoms with Gasteiger partial charge in [0.15, 0.2) is 11.6 Å². The van der Waals surface area contributed by atoms with Gasteiger partial charge in [-0.05, 0) is 71.6 Å². The highest BCUT2D eigenvalue weighted by molar-refractivity contribution is 9.11. The van der Waals surface area contributed by atoms with Gasteiger partial charge in [0, 0.05) is 35.7 Å². The molecule has 0 bridgehead atoms. The molecule has 5 aromatic rings. The number of benzene rings is 5. The van der Waals surface area contributed by atoms with Crippen molar-refractivity contribution in [1.29, 1.82) is 0 Å². The Morgan fingerprint density at radius 1 is 0.424 bits per heavy atom. The standard InChI is InChI=1S/C14H8Br2.C14H7BrO2/c15-13-9-5-1-2-6-10(9)14(16)12-8-4-3-7-11(12)13;15-8-5-6-11-12(7-8)14(17)10-4-2-1-3-9(10)13(11)16/h1-8H;1-7H. The molecule has 2 nitrogen and oxygen atoms in total. The summed E-state index contributed by atoms with van der Waals surface area (Å²) in [5.41, 5.74) is 1.94. The number of fused-ring (bicyclic) bond motifs is 4. The number of hydrogen-bond donors (Lipinski definition) is 0. The summed E-state index contributed by atoms with van der Waals surface area (Å²) in [7, 11) is 0. The lowest BCUT2D eigenvalue weighted by Gasteiger charge is -2.17. The topological polar surface area (TPSA) is 34.1 Å². The second kappa shape index (κ2) is 8.98. The molecular weight excluding hydrogens is 608 g/mol. The van der Waals surface area contributed by atoms with E-state index in [1.165, 1.54) is 30.5 Å². The first-order valence-corrected chi connectivity index (χ1v) is 12.6. The molecule has 0 amide bonds. The maximum absolute atomic E-state index is 12.2. The molecule has 0 saturated heterocycles. The van der Waals surface area contributed by atoms with Crippen LogP contribution in [-0.4, -0.2) is 11.6 Å². The van der Waals surface area contributed by atoms with Crippen LogP contribution in [0.5, 0.6) is 0 Å². The molecule has 0 aliphatic heterocycles. The summed E-state index contributed by atoms with van der Waals surface area (Å²) < 4.78 is 3.14. The van der Waals surface area contributed by atoms with E-state index in [0.29, 0.717) is 22.3 Å². The van der Waals surface area contributed by atoms with Crippen LogP contribution in [0.25, 0.3) is 21.5 Å². The van der Waals surface area contributed by atoms with Gasteiger partial charge in [0.25, 0.3) is 0 Å². The zero-order valence-corrected chi connectivity index (χ0v) is 21.9.